The Morgan fingerprint density at radius 1 is 1.64 bits per heavy atom. The summed E-state index contributed by atoms with van der Waals surface area (Å²) in [5.74, 6) is 0. The summed E-state index contributed by atoms with van der Waals surface area (Å²) in [5, 5.41) is 8.61. The van der Waals surface area contributed by atoms with Crippen molar-refractivity contribution in [2.75, 3.05) is 0 Å². The van der Waals surface area contributed by atoms with E-state index in [2.05, 4.69) is 4.98 Å². The second-order valence-corrected chi connectivity index (χ2v) is 3.13. The lowest BCUT2D eigenvalue weighted by atomic mass is 10.1. The van der Waals surface area contributed by atoms with Crippen LogP contribution in [-0.4, -0.2) is 4.98 Å². The Hall–Kier alpha value is -1.21. The quantitative estimate of drug-likeness (QED) is 0.762. The Balaban J connectivity index is 3.25. The molecule has 1 rings (SSSR count). The van der Waals surface area contributed by atoms with Crippen LogP contribution in [0.1, 0.15) is 23.4 Å². The predicted molar refractivity (Wildman–Crippen MR) is 48.3 cm³/mol. The lowest BCUT2D eigenvalue weighted by Gasteiger charge is -2.07. The average Bonchev–Trinajstić information content (AvgIpc) is 2.11. The minimum absolute atomic E-state index is 0.101. The highest BCUT2D eigenvalue weighted by Crippen LogP contribution is 2.26. The fraction of sp³-hybridized carbons (Fsp3) is 0.333. The first-order valence-corrected chi connectivity index (χ1v) is 4.25. The highest BCUT2D eigenvalue weighted by molar-refractivity contribution is 6.31. The zero-order valence-electron chi connectivity index (χ0n) is 7.39. The van der Waals surface area contributed by atoms with E-state index >= 15 is 0 Å². The van der Waals surface area contributed by atoms with Crippen LogP contribution in [0, 0.1) is 18.3 Å². The molecule has 0 saturated carbocycles. The second kappa shape index (κ2) is 4.34. The molecule has 0 fully saturated rings. The Morgan fingerprint density at radius 3 is 2.79 bits per heavy atom. The SMILES string of the molecule is Cc1nc(CC#N)c(C(F)F)cc1Cl. The van der Waals surface area contributed by atoms with E-state index in [1.165, 1.54) is 6.07 Å². The summed E-state index contributed by atoms with van der Waals surface area (Å²) in [7, 11) is 0. The van der Waals surface area contributed by atoms with Crippen molar-refractivity contribution in [3.8, 4) is 6.07 Å². The van der Waals surface area contributed by atoms with Crippen LogP contribution in [0.25, 0.3) is 0 Å². The van der Waals surface area contributed by atoms with E-state index < -0.39 is 6.43 Å². The zero-order chi connectivity index (χ0) is 10.7. The molecule has 0 bridgehead atoms. The first-order chi connectivity index (χ1) is 6.56. The van der Waals surface area contributed by atoms with Gasteiger partial charge in [0, 0.05) is 5.56 Å². The van der Waals surface area contributed by atoms with Gasteiger partial charge >= 0.3 is 0 Å². The van der Waals surface area contributed by atoms with E-state index in [4.69, 9.17) is 16.9 Å². The van der Waals surface area contributed by atoms with Crippen LogP contribution in [0.5, 0.6) is 0 Å². The van der Waals surface area contributed by atoms with Crippen LogP contribution in [-0.2, 0) is 6.42 Å². The van der Waals surface area contributed by atoms with Gasteiger partial charge in [0.2, 0.25) is 0 Å². The number of hydrogen-bond acceptors (Lipinski definition) is 2. The normalized spacial score (nSPS) is 10.3. The molecule has 1 aromatic rings. The van der Waals surface area contributed by atoms with Gasteiger partial charge in [-0.15, -0.1) is 0 Å². The molecule has 0 aromatic carbocycles. The number of nitrogens with zero attached hydrogens (tertiary/aromatic N) is 2. The van der Waals surface area contributed by atoms with Gasteiger partial charge < -0.3 is 0 Å². The molecule has 0 spiro atoms. The third kappa shape index (κ3) is 2.18. The minimum Gasteiger partial charge on any atom is -0.255 e. The Kier molecular flexibility index (Phi) is 3.37. The molecule has 1 heterocycles. The number of rotatable bonds is 2. The van der Waals surface area contributed by atoms with Crippen LogP contribution in [0.2, 0.25) is 5.02 Å². The van der Waals surface area contributed by atoms with Crippen molar-refractivity contribution >= 4 is 11.6 Å². The third-order valence-corrected chi connectivity index (χ3v) is 2.13. The van der Waals surface area contributed by atoms with Crippen LogP contribution in [0.3, 0.4) is 0 Å². The Morgan fingerprint density at radius 2 is 2.29 bits per heavy atom. The van der Waals surface area contributed by atoms with E-state index in [-0.39, 0.29) is 22.7 Å². The van der Waals surface area contributed by atoms with Crippen molar-refractivity contribution in [2.45, 2.75) is 19.8 Å². The zero-order valence-corrected chi connectivity index (χ0v) is 8.15. The highest BCUT2D eigenvalue weighted by atomic mass is 35.5. The maximum absolute atomic E-state index is 12.5. The molecule has 0 atom stereocenters. The predicted octanol–water partition coefficient (Wildman–Crippen LogP) is 3.05. The van der Waals surface area contributed by atoms with E-state index in [0.717, 1.165) is 0 Å². The fourth-order valence-corrected chi connectivity index (χ4v) is 1.21. The van der Waals surface area contributed by atoms with Gasteiger partial charge in [-0.1, -0.05) is 11.6 Å². The molecule has 74 valence electrons. The van der Waals surface area contributed by atoms with E-state index in [0.29, 0.717) is 5.69 Å². The molecule has 0 aliphatic heterocycles. The summed E-state index contributed by atoms with van der Waals surface area (Å²) < 4.78 is 24.9. The Labute approximate surface area is 85.1 Å². The van der Waals surface area contributed by atoms with Crippen LogP contribution in [0.15, 0.2) is 6.07 Å². The van der Waals surface area contributed by atoms with Crippen LogP contribution < -0.4 is 0 Å². The maximum atomic E-state index is 12.5. The van der Waals surface area contributed by atoms with Crippen molar-refractivity contribution < 1.29 is 8.78 Å². The Bertz CT molecular complexity index is 385. The summed E-state index contributed by atoms with van der Waals surface area (Å²) in [6, 6.07) is 2.95. The van der Waals surface area contributed by atoms with Crippen molar-refractivity contribution in [1.29, 1.82) is 5.26 Å². The van der Waals surface area contributed by atoms with Gasteiger partial charge in [-0.2, -0.15) is 5.26 Å². The van der Waals surface area contributed by atoms with Gasteiger partial charge in [0.25, 0.3) is 6.43 Å². The van der Waals surface area contributed by atoms with Gasteiger partial charge in [-0.05, 0) is 13.0 Å². The number of alkyl halides is 2. The largest absolute Gasteiger partial charge is 0.265 e. The molecule has 0 amide bonds. The average molecular weight is 217 g/mol. The van der Waals surface area contributed by atoms with Crippen molar-refractivity contribution in [3.63, 3.8) is 0 Å². The molecule has 2 nitrogen and oxygen atoms in total. The topological polar surface area (TPSA) is 36.7 Å². The number of aromatic nitrogens is 1. The molecule has 0 radical (unpaired) electrons. The second-order valence-electron chi connectivity index (χ2n) is 2.73. The molecule has 0 aliphatic rings. The molecule has 0 unspecified atom stereocenters. The smallest absolute Gasteiger partial charge is 0.255 e. The molecule has 0 saturated heterocycles. The molecule has 0 aliphatic carbocycles. The summed E-state index contributed by atoms with van der Waals surface area (Å²) in [6.45, 7) is 1.61. The lowest BCUT2D eigenvalue weighted by molar-refractivity contribution is 0.150. The van der Waals surface area contributed by atoms with Crippen molar-refractivity contribution in [2.24, 2.45) is 0 Å². The first-order valence-electron chi connectivity index (χ1n) is 3.87. The number of nitriles is 1. The fourth-order valence-electron chi connectivity index (χ4n) is 1.05. The van der Waals surface area contributed by atoms with Crippen molar-refractivity contribution in [3.05, 3.63) is 28.0 Å². The molecular weight excluding hydrogens is 210 g/mol. The minimum atomic E-state index is -2.65. The first kappa shape index (κ1) is 10.9. The van der Waals surface area contributed by atoms with Gasteiger partial charge in [0.05, 0.1) is 28.9 Å². The lowest BCUT2D eigenvalue weighted by Crippen LogP contribution is -2.00. The van der Waals surface area contributed by atoms with Crippen molar-refractivity contribution in [1.82, 2.24) is 4.98 Å². The van der Waals surface area contributed by atoms with Crippen LogP contribution >= 0.6 is 11.6 Å². The van der Waals surface area contributed by atoms with Gasteiger partial charge in [-0.3, -0.25) is 4.98 Å². The third-order valence-electron chi connectivity index (χ3n) is 1.75. The molecule has 1 aromatic heterocycles. The molecule has 14 heavy (non-hydrogen) atoms. The molecule has 0 N–H and O–H groups in total. The summed E-state index contributed by atoms with van der Waals surface area (Å²) >= 11 is 5.65. The number of pyridine rings is 1. The summed E-state index contributed by atoms with van der Waals surface area (Å²) in [4.78, 5) is 3.85. The molecule has 5 heteroatoms. The summed E-state index contributed by atoms with van der Waals surface area (Å²) in [5.41, 5.74) is 0.299. The molecular formula is C9H7ClF2N2. The van der Waals surface area contributed by atoms with E-state index in [1.54, 1.807) is 13.0 Å². The van der Waals surface area contributed by atoms with Gasteiger partial charge in [0.1, 0.15) is 0 Å². The van der Waals surface area contributed by atoms with Crippen LogP contribution in [0.4, 0.5) is 8.78 Å². The van der Waals surface area contributed by atoms with E-state index in [1.807, 2.05) is 0 Å². The highest BCUT2D eigenvalue weighted by Gasteiger charge is 2.16. The van der Waals surface area contributed by atoms with Gasteiger partial charge in [-0.25, -0.2) is 8.78 Å². The monoisotopic (exact) mass is 216 g/mol. The summed E-state index contributed by atoms with van der Waals surface area (Å²) in [6.07, 6.45) is -2.78. The number of hydrogen-bond donors (Lipinski definition) is 0. The maximum Gasteiger partial charge on any atom is 0.265 e. The van der Waals surface area contributed by atoms with Gasteiger partial charge in [0.15, 0.2) is 0 Å². The number of halogens is 3. The number of aryl methyl sites for hydroxylation is 1. The standard InChI is InChI=1S/C9H7ClF2N2/c1-5-7(10)4-6(9(11)12)8(14-5)2-3-13/h4,9H,2H2,1H3. The van der Waals surface area contributed by atoms with E-state index in [9.17, 15) is 8.78 Å².